The number of carboxylic acids is 1. The second-order valence-electron chi connectivity index (χ2n) is 4.59. The lowest BCUT2D eigenvalue weighted by Gasteiger charge is -2.32. The fraction of sp³-hybridized carbons (Fsp3) is 0.750. The summed E-state index contributed by atoms with van der Waals surface area (Å²) in [5, 5.41) is 20.1. The third-order valence-corrected chi connectivity index (χ3v) is 3.03. The molecule has 0 aromatic carbocycles. The van der Waals surface area contributed by atoms with Gasteiger partial charge in [0.2, 0.25) is 0 Å². The van der Waals surface area contributed by atoms with Gasteiger partial charge in [0.05, 0.1) is 26.2 Å². The van der Waals surface area contributed by atoms with Gasteiger partial charge < -0.3 is 29.9 Å². The maximum absolute atomic E-state index is 11.9. The zero-order valence-electron chi connectivity index (χ0n) is 11.8. The molecule has 1 fully saturated rings. The van der Waals surface area contributed by atoms with E-state index in [0.29, 0.717) is 13.2 Å². The number of nitrogens with one attached hydrogen (secondary N) is 1. The molecule has 0 saturated carbocycles. The molecule has 1 aliphatic heterocycles. The molecule has 1 rings (SSSR count). The second kappa shape index (κ2) is 8.42. The first-order chi connectivity index (χ1) is 9.93. The van der Waals surface area contributed by atoms with E-state index in [9.17, 15) is 14.4 Å². The molecule has 2 atom stereocenters. The zero-order valence-corrected chi connectivity index (χ0v) is 11.8. The molecule has 0 aliphatic carbocycles. The maximum atomic E-state index is 11.9. The number of esters is 1. The Morgan fingerprint density at radius 3 is 2.81 bits per heavy atom. The van der Waals surface area contributed by atoms with Crippen molar-refractivity contribution in [3.63, 3.8) is 0 Å². The van der Waals surface area contributed by atoms with Gasteiger partial charge >= 0.3 is 18.0 Å². The molecule has 1 aliphatic rings. The predicted octanol–water partition coefficient (Wildman–Crippen LogP) is -1.20. The molecule has 0 bridgehead atoms. The van der Waals surface area contributed by atoms with Gasteiger partial charge in [-0.3, -0.25) is 4.79 Å². The first-order valence-corrected chi connectivity index (χ1v) is 6.56. The molecule has 0 radical (unpaired) electrons. The summed E-state index contributed by atoms with van der Waals surface area (Å²) in [6, 6.07) is -0.384. The SMILES string of the molecule is COC(=O)CC1CN(C(=O)NCCC(O)C(=O)O)CCO1. The number of urea groups is 1. The van der Waals surface area contributed by atoms with Crippen molar-refractivity contribution in [3.05, 3.63) is 0 Å². The molecule has 2 unspecified atom stereocenters. The molecule has 0 spiro atoms. The summed E-state index contributed by atoms with van der Waals surface area (Å²) in [5.41, 5.74) is 0. The van der Waals surface area contributed by atoms with Crippen LogP contribution >= 0.6 is 0 Å². The van der Waals surface area contributed by atoms with Crippen LogP contribution in [0, 0.1) is 0 Å². The highest BCUT2D eigenvalue weighted by molar-refractivity contribution is 5.75. The number of nitrogens with zero attached hydrogens (tertiary/aromatic N) is 1. The van der Waals surface area contributed by atoms with E-state index in [1.807, 2.05) is 0 Å². The number of ether oxygens (including phenoxy) is 2. The molecule has 9 heteroatoms. The molecule has 2 amide bonds. The van der Waals surface area contributed by atoms with Crippen molar-refractivity contribution in [2.75, 3.05) is 33.4 Å². The van der Waals surface area contributed by atoms with Crippen LogP contribution in [0.5, 0.6) is 0 Å². The van der Waals surface area contributed by atoms with Crippen molar-refractivity contribution in [2.45, 2.75) is 25.0 Å². The first kappa shape index (κ1) is 17.2. The molecular formula is C12H20N2O7. The molecule has 120 valence electrons. The Hall–Kier alpha value is -1.87. The second-order valence-corrected chi connectivity index (χ2v) is 4.59. The van der Waals surface area contributed by atoms with Crippen LogP contribution in [-0.4, -0.2) is 78.6 Å². The summed E-state index contributed by atoms with van der Waals surface area (Å²) >= 11 is 0. The van der Waals surface area contributed by atoms with Crippen LogP contribution in [0.1, 0.15) is 12.8 Å². The van der Waals surface area contributed by atoms with Gasteiger partial charge in [-0.15, -0.1) is 0 Å². The molecule has 9 nitrogen and oxygen atoms in total. The normalized spacial score (nSPS) is 19.7. The number of morpholine rings is 1. The minimum absolute atomic E-state index is 0.0469. The summed E-state index contributed by atoms with van der Waals surface area (Å²) in [6.45, 7) is 0.992. The van der Waals surface area contributed by atoms with E-state index >= 15 is 0 Å². The number of amides is 2. The minimum Gasteiger partial charge on any atom is -0.479 e. The third-order valence-electron chi connectivity index (χ3n) is 3.03. The lowest BCUT2D eigenvalue weighted by atomic mass is 10.2. The lowest BCUT2D eigenvalue weighted by Crippen LogP contribution is -2.50. The Labute approximate surface area is 121 Å². The Morgan fingerprint density at radius 2 is 2.19 bits per heavy atom. The van der Waals surface area contributed by atoms with E-state index < -0.39 is 24.1 Å². The van der Waals surface area contributed by atoms with E-state index in [1.54, 1.807) is 0 Å². The Bertz CT molecular complexity index is 388. The highest BCUT2D eigenvalue weighted by Crippen LogP contribution is 2.09. The predicted molar refractivity (Wildman–Crippen MR) is 69.6 cm³/mol. The number of aliphatic carboxylic acids is 1. The van der Waals surface area contributed by atoms with Crippen LogP contribution in [0.2, 0.25) is 0 Å². The molecule has 3 N–H and O–H groups in total. The first-order valence-electron chi connectivity index (χ1n) is 6.56. The van der Waals surface area contributed by atoms with Crippen molar-refractivity contribution < 1.29 is 34.1 Å². The lowest BCUT2D eigenvalue weighted by molar-refractivity contribution is -0.147. The van der Waals surface area contributed by atoms with Crippen LogP contribution in [0.4, 0.5) is 4.79 Å². The highest BCUT2D eigenvalue weighted by Gasteiger charge is 2.26. The minimum atomic E-state index is -1.50. The number of carboxylic acid groups (broad SMARTS) is 1. The van der Waals surface area contributed by atoms with E-state index in [1.165, 1.54) is 12.0 Å². The van der Waals surface area contributed by atoms with E-state index in [4.69, 9.17) is 14.9 Å². The van der Waals surface area contributed by atoms with Crippen LogP contribution < -0.4 is 5.32 Å². The summed E-state index contributed by atoms with van der Waals surface area (Å²) in [4.78, 5) is 34.9. The number of hydrogen-bond donors (Lipinski definition) is 3. The van der Waals surface area contributed by atoms with Crippen LogP contribution in [0.25, 0.3) is 0 Å². The molecule has 0 aromatic rings. The molecule has 1 saturated heterocycles. The van der Waals surface area contributed by atoms with Gasteiger partial charge in [-0.25, -0.2) is 9.59 Å². The highest BCUT2D eigenvalue weighted by atomic mass is 16.5. The van der Waals surface area contributed by atoms with Crippen molar-refractivity contribution in [3.8, 4) is 0 Å². The molecular weight excluding hydrogens is 284 g/mol. The van der Waals surface area contributed by atoms with Gasteiger partial charge in [0, 0.05) is 26.1 Å². The number of hydrogen-bond acceptors (Lipinski definition) is 6. The van der Waals surface area contributed by atoms with Crippen molar-refractivity contribution in [1.29, 1.82) is 0 Å². The molecule has 1 heterocycles. The van der Waals surface area contributed by atoms with Gasteiger partial charge in [-0.2, -0.15) is 0 Å². The maximum Gasteiger partial charge on any atom is 0.332 e. The average molecular weight is 304 g/mol. The Kier molecular flexibility index (Phi) is 6.89. The van der Waals surface area contributed by atoms with Gasteiger partial charge in [-0.1, -0.05) is 0 Å². The van der Waals surface area contributed by atoms with Crippen molar-refractivity contribution in [1.82, 2.24) is 10.2 Å². The van der Waals surface area contributed by atoms with E-state index in [2.05, 4.69) is 10.1 Å². The fourth-order valence-corrected chi connectivity index (χ4v) is 1.85. The number of aliphatic hydroxyl groups is 1. The molecule has 0 aromatic heterocycles. The summed E-state index contributed by atoms with van der Waals surface area (Å²) in [5.74, 6) is -1.74. The smallest absolute Gasteiger partial charge is 0.332 e. The summed E-state index contributed by atoms with van der Waals surface area (Å²) in [6.07, 6.45) is -1.92. The monoisotopic (exact) mass is 304 g/mol. The number of methoxy groups -OCH3 is 1. The van der Waals surface area contributed by atoms with Crippen LogP contribution in [0.15, 0.2) is 0 Å². The topological polar surface area (TPSA) is 125 Å². The number of carbonyl (C=O) groups is 3. The van der Waals surface area contributed by atoms with E-state index in [0.717, 1.165) is 0 Å². The van der Waals surface area contributed by atoms with Crippen LogP contribution in [-0.2, 0) is 19.1 Å². The largest absolute Gasteiger partial charge is 0.479 e. The zero-order chi connectivity index (χ0) is 15.8. The number of rotatable bonds is 6. The summed E-state index contributed by atoms with van der Waals surface area (Å²) < 4.78 is 9.91. The van der Waals surface area contributed by atoms with Gasteiger partial charge in [0.25, 0.3) is 0 Å². The molecule has 21 heavy (non-hydrogen) atoms. The average Bonchev–Trinajstić information content (AvgIpc) is 2.46. The standard InChI is InChI=1S/C12H20N2O7/c1-20-10(16)6-8-7-14(4-5-21-8)12(19)13-3-2-9(15)11(17)18/h8-9,15H,2-7H2,1H3,(H,13,19)(H,17,18). The van der Waals surface area contributed by atoms with Crippen molar-refractivity contribution >= 4 is 18.0 Å². The Morgan fingerprint density at radius 1 is 1.48 bits per heavy atom. The van der Waals surface area contributed by atoms with Crippen LogP contribution in [0.3, 0.4) is 0 Å². The fourth-order valence-electron chi connectivity index (χ4n) is 1.85. The quantitative estimate of drug-likeness (QED) is 0.526. The van der Waals surface area contributed by atoms with Gasteiger partial charge in [0.1, 0.15) is 0 Å². The Balaban J connectivity index is 2.33. The summed E-state index contributed by atoms with van der Waals surface area (Å²) in [7, 11) is 1.28. The van der Waals surface area contributed by atoms with Gasteiger partial charge in [0.15, 0.2) is 6.10 Å². The van der Waals surface area contributed by atoms with Crippen molar-refractivity contribution in [2.24, 2.45) is 0 Å². The number of aliphatic hydroxyl groups excluding tert-OH is 1. The third kappa shape index (κ3) is 5.96. The number of carbonyl (C=O) groups excluding carboxylic acids is 2. The van der Waals surface area contributed by atoms with E-state index in [-0.39, 0.29) is 32.0 Å². The van der Waals surface area contributed by atoms with Gasteiger partial charge in [-0.05, 0) is 0 Å².